The number of rotatable bonds is 5. The highest BCUT2D eigenvalue weighted by Gasteiger charge is 2.26. The van der Waals surface area contributed by atoms with Crippen molar-refractivity contribution >= 4 is 37.8 Å². The number of thiophene rings is 1. The van der Waals surface area contributed by atoms with Crippen LogP contribution < -0.4 is 16.4 Å². The van der Waals surface area contributed by atoms with Crippen LogP contribution >= 0.6 is 11.3 Å². The van der Waals surface area contributed by atoms with Gasteiger partial charge >= 0.3 is 0 Å². The molecule has 0 atom stereocenters. The molecule has 0 aliphatic heterocycles. The average molecular weight is 331 g/mol. The molecule has 0 bridgehead atoms. The van der Waals surface area contributed by atoms with Gasteiger partial charge in [0.25, 0.3) is 5.91 Å². The Morgan fingerprint density at radius 1 is 1.52 bits per heavy atom. The van der Waals surface area contributed by atoms with Crippen molar-refractivity contribution in [3.63, 3.8) is 0 Å². The molecule has 0 saturated carbocycles. The standard InChI is InChI=1S/C10H13N5O4S2/c1-12-9(16)7-6(11)8(21(2,17)18)10(20-7)13-3-5-14-4-19-15-5/h4,13H,3,11H2,1-2H3,(H,12,16). The van der Waals surface area contributed by atoms with Crippen LogP contribution in [0.2, 0.25) is 0 Å². The second kappa shape index (κ2) is 5.69. The highest BCUT2D eigenvalue weighted by Crippen LogP contribution is 2.39. The number of hydrogen-bond acceptors (Lipinski definition) is 9. The van der Waals surface area contributed by atoms with E-state index in [0.717, 1.165) is 24.0 Å². The zero-order valence-corrected chi connectivity index (χ0v) is 12.8. The Morgan fingerprint density at radius 2 is 2.24 bits per heavy atom. The second-order valence-corrected chi connectivity index (χ2v) is 7.03. The van der Waals surface area contributed by atoms with Crippen molar-refractivity contribution in [2.45, 2.75) is 11.4 Å². The van der Waals surface area contributed by atoms with E-state index in [2.05, 4.69) is 25.3 Å². The van der Waals surface area contributed by atoms with Gasteiger partial charge in [0.1, 0.15) is 14.8 Å². The molecule has 114 valence electrons. The van der Waals surface area contributed by atoms with Gasteiger partial charge in [0.15, 0.2) is 15.7 Å². The molecule has 0 aliphatic carbocycles. The summed E-state index contributed by atoms with van der Waals surface area (Å²) < 4.78 is 28.3. The van der Waals surface area contributed by atoms with Gasteiger partial charge in [0.05, 0.1) is 12.2 Å². The molecule has 0 aromatic carbocycles. The van der Waals surface area contributed by atoms with Gasteiger partial charge in [-0.05, 0) is 0 Å². The van der Waals surface area contributed by atoms with E-state index in [-0.39, 0.29) is 27.0 Å². The van der Waals surface area contributed by atoms with Crippen LogP contribution in [-0.4, -0.2) is 37.8 Å². The zero-order chi connectivity index (χ0) is 15.6. The first-order valence-electron chi connectivity index (χ1n) is 5.68. The minimum atomic E-state index is -3.60. The number of aromatic nitrogens is 2. The van der Waals surface area contributed by atoms with Gasteiger partial charge in [0.2, 0.25) is 6.39 Å². The van der Waals surface area contributed by atoms with E-state index >= 15 is 0 Å². The zero-order valence-electron chi connectivity index (χ0n) is 11.2. The van der Waals surface area contributed by atoms with Crippen molar-refractivity contribution in [2.24, 2.45) is 0 Å². The Labute approximate surface area is 124 Å². The monoisotopic (exact) mass is 331 g/mol. The van der Waals surface area contributed by atoms with Crippen LogP contribution in [0.3, 0.4) is 0 Å². The summed E-state index contributed by atoms with van der Waals surface area (Å²) in [4.78, 5) is 15.6. The van der Waals surface area contributed by atoms with Crippen LogP contribution in [0, 0.1) is 0 Å². The van der Waals surface area contributed by atoms with Crippen LogP contribution in [0.4, 0.5) is 10.7 Å². The second-order valence-electron chi connectivity index (χ2n) is 4.06. The highest BCUT2D eigenvalue weighted by molar-refractivity contribution is 7.91. The summed E-state index contributed by atoms with van der Waals surface area (Å²) in [5.74, 6) is -0.0991. The Hall–Kier alpha value is -2.14. The molecule has 2 aromatic rings. The topological polar surface area (TPSA) is 140 Å². The molecule has 4 N–H and O–H groups in total. The van der Waals surface area contributed by atoms with Crippen LogP contribution in [0.1, 0.15) is 15.5 Å². The molecule has 2 aromatic heterocycles. The molecule has 2 rings (SSSR count). The molecule has 1 amide bonds. The number of hydrogen-bond donors (Lipinski definition) is 3. The molecule has 0 fully saturated rings. The quantitative estimate of drug-likeness (QED) is 0.700. The van der Waals surface area contributed by atoms with E-state index in [0.29, 0.717) is 5.82 Å². The summed E-state index contributed by atoms with van der Waals surface area (Å²) in [5, 5.41) is 9.13. The van der Waals surface area contributed by atoms with Crippen molar-refractivity contribution < 1.29 is 17.7 Å². The SMILES string of the molecule is CNC(=O)c1sc(NCc2ncon2)c(S(C)(=O)=O)c1N. The minimum absolute atomic E-state index is 0.0718. The molecule has 0 saturated heterocycles. The van der Waals surface area contributed by atoms with Crippen molar-refractivity contribution in [1.29, 1.82) is 0 Å². The molecule has 11 heteroatoms. The first-order chi connectivity index (χ1) is 9.84. The minimum Gasteiger partial charge on any atom is -0.396 e. The fourth-order valence-electron chi connectivity index (χ4n) is 1.63. The molecule has 0 unspecified atom stereocenters. The van der Waals surface area contributed by atoms with Crippen molar-refractivity contribution in [3.05, 3.63) is 17.1 Å². The lowest BCUT2D eigenvalue weighted by Gasteiger charge is -2.04. The average Bonchev–Trinajstić information content (AvgIpc) is 3.02. The third-order valence-corrected chi connectivity index (χ3v) is 4.97. The van der Waals surface area contributed by atoms with Crippen molar-refractivity contribution in [1.82, 2.24) is 15.5 Å². The van der Waals surface area contributed by atoms with Gasteiger partial charge in [-0.15, -0.1) is 11.3 Å². The Morgan fingerprint density at radius 3 is 2.76 bits per heavy atom. The lowest BCUT2D eigenvalue weighted by Crippen LogP contribution is -2.18. The largest absolute Gasteiger partial charge is 0.396 e. The van der Waals surface area contributed by atoms with Crippen molar-refractivity contribution in [3.8, 4) is 0 Å². The van der Waals surface area contributed by atoms with Crippen LogP contribution in [-0.2, 0) is 16.4 Å². The van der Waals surface area contributed by atoms with E-state index < -0.39 is 15.7 Å². The van der Waals surface area contributed by atoms with E-state index in [9.17, 15) is 13.2 Å². The van der Waals surface area contributed by atoms with Gasteiger partial charge in [0, 0.05) is 13.3 Å². The van der Waals surface area contributed by atoms with E-state index in [1.807, 2.05) is 0 Å². The Balaban J connectivity index is 2.41. The van der Waals surface area contributed by atoms with Crippen molar-refractivity contribution in [2.75, 3.05) is 24.4 Å². The van der Waals surface area contributed by atoms with Crippen LogP contribution in [0.5, 0.6) is 0 Å². The van der Waals surface area contributed by atoms with Gasteiger partial charge in [-0.3, -0.25) is 4.79 Å². The smallest absolute Gasteiger partial charge is 0.263 e. The summed E-state index contributed by atoms with van der Waals surface area (Å²) >= 11 is 0.954. The first-order valence-corrected chi connectivity index (χ1v) is 8.39. The number of anilines is 2. The van der Waals surface area contributed by atoms with E-state index in [1.165, 1.54) is 7.05 Å². The lowest BCUT2D eigenvalue weighted by atomic mass is 10.3. The number of carbonyl (C=O) groups excluding carboxylic acids is 1. The normalized spacial score (nSPS) is 11.3. The van der Waals surface area contributed by atoms with Crippen LogP contribution in [0.15, 0.2) is 15.8 Å². The number of nitrogens with zero attached hydrogens (tertiary/aromatic N) is 2. The van der Waals surface area contributed by atoms with Gasteiger partial charge < -0.3 is 20.9 Å². The summed E-state index contributed by atoms with van der Waals surface area (Å²) in [6, 6.07) is 0. The summed E-state index contributed by atoms with van der Waals surface area (Å²) in [7, 11) is -2.16. The molecular weight excluding hydrogens is 318 g/mol. The Bertz CT molecular complexity index is 751. The van der Waals surface area contributed by atoms with E-state index in [1.54, 1.807) is 0 Å². The number of nitrogens with two attached hydrogens (primary N) is 1. The fraction of sp³-hybridized carbons (Fsp3) is 0.300. The summed E-state index contributed by atoms with van der Waals surface area (Å²) in [6.45, 7) is 0.145. The molecule has 21 heavy (non-hydrogen) atoms. The van der Waals surface area contributed by atoms with Crippen LogP contribution in [0.25, 0.3) is 0 Å². The van der Waals surface area contributed by atoms with Gasteiger partial charge in [-0.2, -0.15) is 4.98 Å². The number of amides is 1. The lowest BCUT2D eigenvalue weighted by molar-refractivity contribution is 0.0968. The molecule has 0 aliphatic rings. The third-order valence-electron chi connectivity index (χ3n) is 2.52. The summed E-state index contributed by atoms with van der Waals surface area (Å²) in [6.07, 6.45) is 2.19. The first kappa shape index (κ1) is 15.3. The molecule has 0 radical (unpaired) electrons. The maximum absolute atomic E-state index is 11.9. The number of nitrogens with one attached hydrogen (secondary N) is 2. The number of sulfone groups is 1. The molecule has 0 spiro atoms. The van der Waals surface area contributed by atoms with Gasteiger partial charge in [-0.1, -0.05) is 5.16 Å². The predicted octanol–water partition coefficient (Wildman–Crippen LogP) is 0.0885. The summed E-state index contributed by atoms with van der Waals surface area (Å²) in [5.41, 5.74) is 5.72. The predicted molar refractivity (Wildman–Crippen MR) is 76.9 cm³/mol. The molecule has 9 nitrogen and oxygen atoms in total. The maximum Gasteiger partial charge on any atom is 0.263 e. The maximum atomic E-state index is 11.9. The van der Waals surface area contributed by atoms with E-state index in [4.69, 9.17) is 5.73 Å². The number of carbonyl (C=O) groups is 1. The van der Waals surface area contributed by atoms with Gasteiger partial charge in [-0.25, -0.2) is 8.42 Å². The molecule has 2 heterocycles. The molecular formula is C10H13N5O4S2. The third kappa shape index (κ3) is 3.13. The fourth-order valence-corrected chi connectivity index (χ4v) is 4.14. The number of nitrogen functional groups attached to an aromatic ring is 1. The highest BCUT2D eigenvalue weighted by atomic mass is 32.2. The Kier molecular flexibility index (Phi) is 4.14.